The minimum Gasteiger partial charge on any atom is -0.504 e. The first-order chi connectivity index (χ1) is 14.1. The van der Waals surface area contributed by atoms with Crippen molar-refractivity contribution in [3.05, 3.63) is 65.9 Å². The summed E-state index contributed by atoms with van der Waals surface area (Å²) >= 11 is 0. The lowest BCUT2D eigenvalue weighted by atomic mass is 10.1. The van der Waals surface area contributed by atoms with E-state index in [1.54, 1.807) is 18.2 Å². The predicted octanol–water partition coefficient (Wildman–Crippen LogP) is 3.37. The first-order valence-electron chi connectivity index (χ1n) is 9.61. The maximum atomic E-state index is 12.6. The monoisotopic (exact) mass is 394 g/mol. The molecule has 3 rings (SSSR count). The zero-order valence-corrected chi connectivity index (χ0v) is 16.7. The van der Waals surface area contributed by atoms with Gasteiger partial charge in [0.2, 0.25) is 0 Å². The number of carbonyl (C=O) groups is 1. The molecule has 0 aliphatic carbocycles. The van der Waals surface area contributed by atoms with Crippen molar-refractivity contribution >= 4 is 16.7 Å². The van der Waals surface area contributed by atoms with Gasteiger partial charge in [-0.1, -0.05) is 30.3 Å². The molecular weight excluding hydrogens is 368 g/mol. The number of aromatic nitrogens is 1. The number of methoxy groups -OCH3 is 1. The number of phenolic OH excluding ortho intramolecular Hbond substituents is 1. The number of nitrogens with one attached hydrogen (secondary N) is 1. The molecule has 1 heterocycles. The van der Waals surface area contributed by atoms with E-state index in [0.29, 0.717) is 11.4 Å². The molecule has 152 valence electrons. The van der Waals surface area contributed by atoms with Crippen LogP contribution in [0, 0.1) is 0 Å². The molecule has 0 bridgehead atoms. The van der Waals surface area contributed by atoms with Gasteiger partial charge in [0, 0.05) is 18.9 Å². The third-order valence-corrected chi connectivity index (χ3v) is 4.74. The summed E-state index contributed by atoms with van der Waals surface area (Å²) in [6.07, 6.45) is 0.514. The molecule has 0 spiro atoms. The number of benzene rings is 2. The molecule has 2 N–H and O–H groups in total. The minimum absolute atomic E-state index is 0.0796. The number of pyridine rings is 1. The SMILES string of the molecule is CNCCc1ccc(OCC(CC(=O)c2ccc3ccccc3n2)OC)c(O)c1. The molecule has 2 aromatic carbocycles. The van der Waals surface area contributed by atoms with Crippen LogP contribution in [0.5, 0.6) is 11.5 Å². The number of Topliss-reactive ketones (excluding diaryl/α,β-unsaturated/α-hetero) is 1. The number of carbonyl (C=O) groups excluding carboxylic acids is 1. The van der Waals surface area contributed by atoms with Crippen LogP contribution in [-0.4, -0.2) is 49.3 Å². The standard InChI is InChI=1S/C23H26N2O4/c1-24-12-11-16-7-10-23(22(27)13-16)29-15-18(28-2)14-21(26)20-9-8-17-5-3-4-6-19(17)25-20/h3-10,13,18,24,27H,11-12,14-15H2,1-2H3. The second kappa shape index (κ2) is 10.0. The van der Waals surface area contributed by atoms with Crippen LogP contribution >= 0.6 is 0 Å². The normalized spacial score (nSPS) is 12.1. The Labute approximate surface area is 170 Å². The van der Waals surface area contributed by atoms with Gasteiger partial charge >= 0.3 is 0 Å². The van der Waals surface area contributed by atoms with Crippen molar-refractivity contribution in [3.63, 3.8) is 0 Å². The number of hydrogen-bond donors (Lipinski definition) is 2. The fourth-order valence-corrected chi connectivity index (χ4v) is 3.04. The highest BCUT2D eigenvalue weighted by Gasteiger charge is 2.18. The summed E-state index contributed by atoms with van der Waals surface area (Å²) in [5, 5.41) is 14.2. The lowest BCUT2D eigenvalue weighted by Crippen LogP contribution is -2.24. The Morgan fingerprint density at radius 1 is 1.17 bits per heavy atom. The number of nitrogens with zero attached hydrogens (tertiary/aromatic N) is 1. The van der Waals surface area contributed by atoms with Crippen LogP contribution < -0.4 is 10.1 Å². The quantitative estimate of drug-likeness (QED) is 0.513. The lowest BCUT2D eigenvalue weighted by Gasteiger charge is -2.16. The summed E-state index contributed by atoms with van der Waals surface area (Å²) in [5.41, 5.74) is 2.21. The molecule has 0 saturated heterocycles. The number of ether oxygens (including phenoxy) is 2. The van der Waals surface area contributed by atoms with Crippen molar-refractivity contribution in [2.24, 2.45) is 0 Å². The molecule has 1 aromatic heterocycles. The van der Waals surface area contributed by atoms with Crippen LogP contribution in [0.15, 0.2) is 54.6 Å². The molecule has 0 fully saturated rings. The van der Waals surface area contributed by atoms with Gasteiger partial charge in [0.05, 0.1) is 11.6 Å². The molecule has 0 aliphatic rings. The first kappa shape index (κ1) is 20.8. The summed E-state index contributed by atoms with van der Waals surface area (Å²) in [4.78, 5) is 17.1. The van der Waals surface area contributed by atoms with Crippen LogP contribution in [0.25, 0.3) is 10.9 Å². The zero-order chi connectivity index (χ0) is 20.6. The molecule has 0 amide bonds. The summed E-state index contributed by atoms with van der Waals surface area (Å²) in [6.45, 7) is 0.982. The Balaban J connectivity index is 1.60. The number of fused-ring (bicyclic) bond motifs is 1. The molecule has 1 unspecified atom stereocenters. The Morgan fingerprint density at radius 2 is 2.00 bits per heavy atom. The summed E-state index contributed by atoms with van der Waals surface area (Å²) in [7, 11) is 3.42. The van der Waals surface area contributed by atoms with Crippen molar-refractivity contribution in [1.82, 2.24) is 10.3 Å². The average molecular weight is 394 g/mol. The van der Waals surface area contributed by atoms with Gasteiger partial charge in [0.15, 0.2) is 17.3 Å². The lowest BCUT2D eigenvalue weighted by molar-refractivity contribution is 0.0467. The highest BCUT2D eigenvalue weighted by Crippen LogP contribution is 2.27. The molecule has 3 aromatic rings. The van der Waals surface area contributed by atoms with Gasteiger partial charge in [-0.3, -0.25) is 4.79 Å². The first-order valence-corrected chi connectivity index (χ1v) is 9.61. The maximum absolute atomic E-state index is 12.6. The van der Waals surface area contributed by atoms with E-state index in [9.17, 15) is 9.90 Å². The van der Waals surface area contributed by atoms with Crippen LogP contribution in [0.4, 0.5) is 0 Å². The van der Waals surface area contributed by atoms with Crippen molar-refractivity contribution < 1.29 is 19.4 Å². The molecule has 6 nitrogen and oxygen atoms in total. The van der Waals surface area contributed by atoms with E-state index in [4.69, 9.17) is 9.47 Å². The average Bonchev–Trinajstić information content (AvgIpc) is 2.75. The van der Waals surface area contributed by atoms with Gasteiger partial charge in [-0.2, -0.15) is 0 Å². The van der Waals surface area contributed by atoms with Gasteiger partial charge in [-0.05, 0) is 49.8 Å². The second-order valence-electron chi connectivity index (χ2n) is 6.84. The second-order valence-corrected chi connectivity index (χ2v) is 6.84. The van der Waals surface area contributed by atoms with E-state index < -0.39 is 6.10 Å². The fourth-order valence-electron chi connectivity index (χ4n) is 3.04. The van der Waals surface area contributed by atoms with Crippen LogP contribution in [0.2, 0.25) is 0 Å². The predicted molar refractivity (Wildman–Crippen MR) is 113 cm³/mol. The highest BCUT2D eigenvalue weighted by atomic mass is 16.5. The van der Waals surface area contributed by atoms with Crippen molar-refractivity contribution in [2.45, 2.75) is 18.9 Å². The summed E-state index contributed by atoms with van der Waals surface area (Å²) < 4.78 is 11.1. The molecule has 0 radical (unpaired) electrons. The Morgan fingerprint density at radius 3 is 2.76 bits per heavy atom. The Bertz CT molecular complexity index is 974. The number of likely N-dealkylation sites (N-methyl/N-ethyl adjacent to an activating group) is 1. The number of phenols is 1. The fraction of sp³-hybridized carbons (Fsp3) is 0.304. The van der Waals surface area contributed by atoms with Crippen LogP contribution in [-0.2, 0) is 11.2 Å². The number of rotatable bonds is 10. The van der Waals surface area contributed by atoms with Crippen molar-refractivity contribution in [3.8, 4) is 11.5 Å². The van der Waals surface area contributed by atoms with Gasteiger partial charge in [-0.15, -0.1) is 0 Å². The van der Waals surface area contributed by atoms with E-state index in [-0.39, 0.29) is 24.6 Å². The molecule has 1 atom stereocenters. The van der Waals surface area contributed by atoms with Crippen LogP contribution in [0.3, 0.4) is 0 Å². The summed E-state index contributed by atoms with van der Waals surface area (Å²) in [6, 6.07) is 16.6. The van der Waals surface area contributed by atoms with E-state index in [1.807, 2.05) is 43.4 Å². The molecular formula is C23H26N2O4. The smallest absolute Gasteiger partial charge is 0.183 e. The van der Waals surface area contributed by atoms with Crippen LogP contribution in [0.1, 0.15) is 22.5 Å². The van der Waals surface area contributed by atoms with Gasteiger partial charge in [0.1, 0.15) is 12.3 Å². The molecule has 29 heavy (non-hydrogen) atoms. The summed E-state index contributed by atoms with van der Waals surface area (Å²) in [5.74, 6) is 0.338. The number of aromatic hydroxyl groups is 1. The largest absolute Gasteiger partial charge is 0.504 e. The highest BCUT2D eigenvalue weighted by molar-refractivity contribution is 5.96. The van der Waals surface area contributed by atoms with Crippen molar-refractivity contribution in [1.29, 1.82) is 0 Å². The third kappa shape index (κ3) is 5.53. The van der Waals surface area contributed by atoms with E-state index >= 15 is 0 Å². The van der Waals surface area contributed by atoms with E-state index in [0.717, 1.165) is 29.4 Å². The molecule has 0 aliphatic heterocycles. The number of ketones is 1. The molecule has 0 saturated carbocycles. The minimum atomic E-state index is -0.445. The topological polar surface area (TPSA) is 80.7 Å². The van der Waals surface area contributed by atoms with Crippen molar-refractivity contribution in [2.75, 3.05) is 27.3 Å². The molecule has 6 heteroatoms. The van der Waals surface area contributed by atoms with E-state index in [2.05, 4.69) is 10.3 Å². The maximum Gasteiger partial charge on any atom is 0.183 e. The van der Waals surface area contributed by atoms with Gasteiger partial charge < -0.3 is 19.9 Å². The third-order valence-electron chi connectivity index (χ3n) is 4.74. The van der Waals surface area contributed by atoms with Gasteiger partial charge in [-0.25, -0.2) is 4.98 Å². The Kier molecular flexibility index (Phi) is 7.16. The van der Waals surface area contributed by atoms with E-state index in [1.165, 1.54) is 7.11 Å². The van der Waals surface area contributed by atoms with Gasteiger partial charge in [0.25, 0.3) is 0 Å². The zero-order valence-electron chi connectivity index (χ0n) is 16.7. The number of para-hydroxylation sites is 1. The number of hydrogen-bond acceptors (Lipinski definition) is 6. The Hall–Kier alpha value is -2.96.